The number of benzene rings is 3. The van der Waals surface area contributed by atoms with Crippen LogP contribution in [0.3, 0.4) is 0 Å². The fourth-order valence-corrected chi connectivity index (χ4v) is 5.16. The van der Waals surface area contributed by atoms with E-state index in [9.17, 15) is 9.59 Å². The van der Waals surface area contributed by atoms with Crippen molar-refractivity contribution < 1.29 is 19.1 Å². The average molecular weight is 587 g/mol. The van der Waals surface area contributed by atoms with Gasteiger partial charge in [-0.1, -0.05) is 86.6 Å². The summed E-state index contributed by atoms with van der Waals surface area (Å²) in [6.07, 6.45) is 1.10. The first kappa shape index (κ1) is 32.2. The third-order valence-electron chi connectivity index (χ3n) is 7.50. The van der Waals surface area contributed by atoms with Gasteiger partial charge in [-0.3, -0.25) is 14.5 Å². The van der Waals surface area contributed by atoms with Gasteiger partial charge in [-0.2, -0.15) is 0 Å². The van der Waals surface area contributed by atoms with Crippen LogP contribution in [0.5, 0.6) is 5.75 Å². The summed E-state index contributed by atoms with van der Waals surface area (Å²) in [6.45, 7) is 9.18. The van der Waals surface area contributed by atoms with Crippen LogP contribution in [0, 0.1) is 5.92 Å². The Morgan fingerprint density at radius 1 is 0.814 bits per heavy atom. The molecule has 8 heteroatoms. The molecule has 3 N–H and O–H groups in total. The zero-order valence-corrected chi connectivity index (χ0v) is 25.5. The van der Waals surface area contributed by atoms with Crippen LogP contribution in [-0.2, 0) is 33.9 Å². The first-order chi connectivity index (χ1) is 21.0. The Morgan fingerprint density at radius 2 is 1.47 bits per heavy atom. The summed E-state index contributed by atoms with van der Waals surface area (Å²) in [7, 11) is 0. The minimum atomic E-state index is -0.701. The molecule has 0 radical (unpaired) electrons. The average Bonchev–Trinajstić information content (AvgIpc) is 3.04. The number of morpholine rings is 1. The molecular weight excluding hydrogens is 540 g/mol. The van der Waals surface area contributed by atoms with Crippen LogP contribution in [-0.4, -0.2) is 68.2 Å². The molecule has 1 saturated heterocycles. The molecule has 4 rings (SSSR count). The van der Waals surface area contributed by atoms with Crippen LogP contribution in [0.25, 0.3) is 0 Å². The summed E-state index contributed by atoms with van der Waals surface area (Å²) in [4.78, 5) is 29.3. The second kappa shape index (κ2) is 17.4. The van der Waals surface area contributed by atoms with E-state index < -0.39 is 6.04 Å². The van der Waals surface area contributed by atoms with Gasteiger partial charge in [0, 0.05) is 39.1 Å². The molecule has 1 heterocycles. The molecule has 230 valence electrons. The lowest BCUT2D eigenvalue weighted by Gasteiger charge is -2.35. The molecule has 2 atom stereocenters. The Balaban J connectivity index is 1.38. The van der Waals surface area contributed by atoms with Crippen LogP contribution >= 0.6 is 0 Å². The molecule has 1 aliphatic heterocycles. The minimum Gasteiger partial charge on any atom is -0.489 e. The Bertz CT molecular complexity index is 1230. The van der Waals surface area contributed by atoms with Gasteiger partial charge in [-0.15, -0.1) is 0 Å². The number of ether oxygens (including phenoxy) is 2. The maximum atomic E-state index is 13.7. The van der Waals surface area contributed by atoms with Crippen LogP contribution in [0.15, 0.2) is 84.9 Å². The van der Waals surface area contributed by atoms with Crippen molar-refractivity contribution in [3.05, 3.63) is 102 Å². The Kier molecular flexibility index (Phi) is 13.0. The van der Waals surface area contributed by atoms with Gasteiger partial charge in [0.15, 0.2) is 0 Å². The predicted octanol–water partition coefficient (Wildman–Crippen LogP) is 3.95. The summed E-state index contributed by atoms with van der Waals surface area (Å²) >= 11 is 0. The van der Waals surface area contributed by atoms with Crippen LogP contribution in [0.4, 0.5) is 0 Å². The first-order valence-corrected chi connectivity index (χ1v) is 15.4. The van der Waals surface area contributed by atoms with Gasteiger partial charge >= 0.3 is 0 Å². The van der Waals surface area contributed by atoms with E-state index in [1.807, 2.05) is 72.8 Å². The molecule has 3 aromatic rings. The van der Waals surface area contributed by atoms with E-state index in [2.05, 4.69) is 46.8 Å². The molecule has 1 aliphatic rings. The molecule has 0 aromatic heterocycles. The highest BCUT2D eigenvalue weighted by molar-refractivity contribution is 5.90. The lowest BCUT2D eigenvalue weighted by Crippen LogP contribution is -2.56. The van der Waals surface area contributed by atoms with Crippen molar-refractivity contribution in [3.63, 3.8) is 0 Å². The molecule has 0 bridgehead atoms. The summed E-state index contributed by atoms with van der Waals surface area (Å²) in [5.74, 6) is 0.793. The molecule has 3 aromatic carbocycles. The van der Waals surface area contributed by atoms with E-state index in [-0.39, 0.29) is 17.9 Å². The Morgan fingerprint density at radius 3 is 2.12 bits per heavy atom. The second-order valence-electron chi connectivity index (χ2n) is 11.4. The van der Waals surface area contributed by atoms with Gasteiger partial charge < -0.3 is 25.4 Å². The number of rotatable bonds is 16. The maximum absolute atomic E-state index is 13.7. The molecule has 8 nitrogen and oxygen atoms in total. The SMILES string of the molecule is CC(C)C[C@H](C(=O)N[C@@H](Cc1ccc(OCc2ccccc2)cc1)C(=O)NCCNCc1ccccc1)N1CCOCC1. The van der Waals surface area contributed by atoms with Crippen molar-refractivity contribution in [1.82, 2.24) is 20.9 Å². The molecule has 1 fully saturated rings. The van der Waals surface area contributed by atoms with E-state index in [1.54, 1.807) is 0 Å². The molecule has 43 heavy (non-hydrogen) atoms. The molecule has 0 saturated carbocycles. The van der Waals surface area contributed by atoms with Gasteiger partial charge in [-0.05, 0) is 41.2 Å². The number of hydrogen-bond acceptors (Lipinski definition) is 6. The summed E-state index contributed by atoms with van der Waals surface area (Å²) in [6, 6.07) is 26.9. The molecule has 0 spiro atoms. The number of carbonyl (C=O) groups excluding carboxylic acids is 2. The molecule has 2 amide bonds. The smallest absolute Gasteiger partial charge is 0.242 e. The van der Waals surface area contributed by atoms with Crippen molar-refractivity contribution in [1.29, 1.82) is 0 Å². The Hall–Kier alpha value is -3.72. The van der Waals surface area contributed by atoms with Gasteiger partial charge in [0.1, 0.15) is 18.4 Å². The van der Waals surface area contributed by atoms with Crippen LogP contribution in [0.2, 0.25) is 0 Å². The zero-order chi connectivity index (χ0) is 30.3. The Labute approximate surface area is 256 Å². The van der Waals surface area contributed by atoms with Gasteiger partial charge in [-0.25, -0.2) is 0 Å². The third kappa shape index (κ3) is 11.1. The number of carbonyl (C=O) groups is 2. The van der Waals surface area contributed by atoms with E-state index in [1.165, 1.54) is 5.56 Å². The first-order valence-electron chi connectivity index (χ1n) is 15.4. The maximum Gasteiger partial charge on any atom is 0.242 e. The van der Waals surface area contributed by atoms with E-state index in [0.717, 1.165) is 29.8 Å². The lowest BCUT2D eigenvalue weighted by atomic mass is 9.99. The highest BCUT2D eigenvalue weighted by atomic mass is 16.5. The van der Waals surface area contributed by atoms with Gasteiger partial charge in [0.05, 0.1) is 19.3 Å². The van der Waals surface area contributed by atoms with Crippen LogP contribution in [0.1, 0.15) is 37.0 Å². The zero-order valence-electron chi connectivity index (χ0n) is 25.5. The number of hydrogen-bond donors (Lipinski definition) is 3. The van der Waals surface area contributed by atoms with E-state index >= 15 is 0 Å². The monoisotopic (exact) mass is 586 g/mol. The lowest BCUT2D eigenvalue weighted by molar-refractivity contribution is -0.133. The topological polar surface area (TPSA) is 91.9 Å². The third-order valence-corrected chi connectivity index (χ3v) is 7.50. The number of nitrogens with zero attached hydrogens (tertiary/aromatic N) is 1. The fraction of sp³-hybridized carbons (Fsp3) is 0.429. The second-order valence-corrected chi connectivity index (χ2v) is 11.4. The van der Waals surface area contributed by atoms with Crippen molar-refractivity contribution >= 4 is 11.8 Å². The van der Waals surface area contributed by atoms with Crippen molar-refractivity contribution in [3.8, 4) is 5.75 Å². The molecule has 0 unspecified atom stereocenters. The van der Waals surface area contributed by atoms with Crippen molar-refractivity contribution in [2.75, 3.05) is 39.4 Å². The predicted molar refractivity (Wildman–Crippen MR) is 170 cm³/mol. The number of nitrogens with one attached hydrogen (secondary N) is 3. The van der Waals surface area contributed by atoms with E-state index in [0.29, 0.717) is 58.3 Å². The van der Waals surface area contributed by atoms with Crippen LogP contribution < -0.4 is 20.7 Å². The standard InChI is InChI=1S/C35H46N4O4/c1-27(2)23-33(39-19-21-42-22-20-39)35(41)38-32(34(40)37-18-17-36-25-29-9-5-3-6-10-29)24-28-13-15-31(16-14-28)43-26-30-11-7-4-8-12-30/h3-16,27,32-33,36H,17-26H2,1-2H3,(H,37,40)(H,38,41)/t32-,33+/m0/s1. The van der Waals surface area contributed by atoms with Gasteiger partial charge in [0.2, 0.25) is 11.8 Å². The van der Waals surface area contributed by atoms with Crippen molar-refractivity contribution in [2.24, 2.45) is 5.92 Å². The summed E-state index contributed by atoms with van der Waals surface area (Å²) in [5, 5.41) is 9.50. The summed E-state index contributed by atoms with van der Waals surface area (Å²) in [5.41, 5.74) is 3.23. The molecule has 0 aliphatic carbocycles. The van der Waals surface area contributed by atoms with Gasteiger partial charge in [0.25, 0.3) is 0 Å². The highest BCUT2D eigenvalue weighted by Crippen LogP contribution is 2.17. The minimum absolute atomic E-state index is 0.110. The van der Waals surface area contributed by atoms with Crippen molar-refractivity contribution in [2.45, 2.75) is 51.9 Å². The quantitative estimate of drug-likeness (QED) is 0.220. The largest absolute Gasteiger partial charge is 0.489 e. The van der Waals surface area contributed by atoms with E-state index in [4.69, 9.17) is 9.47 Å². The molecular formula is C35H46N4O4. The fourth-order valence-electron chi connectivity index (χ4n) is 5.16. The summed E-state index contributed by atoms with van der Waals surface area (Å²) < 4.78 is 11.5. The highest BCUT2D eigenvalue weighted by Gasteiger charge is 2.31. The normalized spacial score (nSPS) is 15.0. The number of amides is 2.